The molecule has 1 aromatic carbocycles. The molecule has 114 valence electrons. The van der Waals surface area contributed by atoms with Gasteiger partial charge in [0.05, 0.1) is 17.1 Å². The molecule has 0 fully saturated rings. The summed E-state index contributed by atoms with van der Waals surface area (Å²) in [6.07, 6.45) is 0. The van der Waals surface area contributed by atoms with E-state index in [-0.39, 0.29) is 4.90 Å². The van der Waals surface area contributed by atoms with Gasteiger partial charge in [-0.3, -0.25) is 9.82 Å². The topological polar surface area (TPSA) is 86.9 Å². The summed E-state index contributed by atoms with van der Waals surface area (Å²) in [6, 6.07) is 5.37. The smallest absolute Gasteiger partial charge is 0.265 e. The van der Waals surface area contributed by atoms with Gasteiger partial charge in [-0.25, -0.2) is 8.42 Å². The molecule has 0 radical (unpaired) electrons. The number of anilines is 1. The summed E-state index contributed by atoms with van der Waals surface area (Å²) in [5.74, 6) is 0. The first-order chi connectivity index (χ1) is 9.86. The maximum absolute atomic E-state index is 12.6. The van der Waals surface area contributed by atoms with Crippen LogP contribution in [0.3, 0.4) is 0 Å². The normalized spacial score (nSPS) is 11.6. The van der Waals surface area contributed by atoms with Crippen molar-refractivity contribution >= 4 is 31.6 Å². The van der Waals surface area contributed by atoms with Gasteiger partial charge < -0.3 is 5.32 Å². The van der Waals surface area contributed by atoms with Gasteiger partial charge in [0.2, 0.25) is 0 Å². The SMILES string of the molecule is CNCc1n[nH]c(C)c1S(=O)(=O)Nc1cccc(Br)c1C. The molecule has 0 aliphatic rings. The van der Waals surface area contributed by atoms with Gasteiger partial charge in [0.15, 0.2) is 0 Å². The fourth-order valence-electron chi connectivity index (χ4n) is 2.03. The van der Waals surface area contributed by atoms with Crippen molar-refractivity contribution in [1.29, 1.82) is 0 Å². The molecule has 0 amide bonds. The quantitative estimate of drug-likeness (QED) is 0.751. The van der Waals surface area contributed by atoms with E-state index in [1.807, 2.05) is 13.0 Å². The maximum Gasteiger partial charge on any atom is 0.265 e. The third-order valence-corrected chi connectivity index (χ3v) is 5.51. The van der Waals surface area contributed by atoms with Crippen LogP contribution >= 0.6 is 15.9 Å². The summed E-state index contributed by atoms with van der Waals surface area (Å²) < 4.78 is 28.7. The molecule has 2 aromatic rings. The summed E-state index contributed by atoms with van der Waals surface area (Å²) in [7, 11) is -1.96. The van der Waals surface area contributed by atoms with Crippen molar-refractivity contribution in [2.75, 3.05) is 11.8 Å². The Bertz CT molecular complexity index is 756. The van der Waals surface area contributed by atoms with Crippen molar-refractivity contribution in [3.63, 3.8) is 0 Å². The molecule has 6 nitrogen and oxygen atoms in total. The van der Waals surface area contributed by atoms with Gasteiger partial charge in [0, 0.05) is 11.0 Å². The zero-order chi connectivity index (χ0) is 15.6. The molecule has 0 saturated carbocycles. The highest BCUT2D eigenvalue weighted by atomic mass is 79.9. The van der Waals surface area contributed by atoms with Crippen molar-refractivity contribution in [3.05, 3.63) is 39.6 Å². The Hall–Kier alpha value is -1.38. The number of rotatable bonds is 5. The van der Waals surface area contributed by atoms with E-state index in [0.29, 0.717) is 23.6 Å². The number of sulfonamides is 1. The fraction of sp³-hybridized carbons (Fsp3) is 0.308. The molecule has 0 spiro atoms. The Labute approximate surface area is 132 Å². The lowest BCUT2D eigenvalue weighted by molar-refractivity contribution is 0.598. The summed E-state index contributed by atoms with van der Waals surface area (Å²) >= 11 is 3.39. The van der Waals surface area contributed by atoms with Crippen molar-refractivity contribution in [2.24, 2.45) is 0 Å². The zero-order valence-electron chi connectivity index (χ0n) is 12.0. The van der Waals surface area contributed by atoms with Crippen LogP contribution in [0.1, 0.15) is 17.0 Å². The molecule has 0 unspecified atom stereocenters. The fourth-order valence-corrected chi connectivity index (χ4v) is 3.88. The third-order valence-electron chi connectivity index (χ3n) is 3.09. The van der Waals surface area contributed by atoms with Crippen molar-refractivity contribution in [2.45, 2.75) is 25.3 Å². The van der Waals surface area contributed by atoms with Gasteiger partial charge in [0.1, 0.15) is 4.90 Å². The molecule has 0 aliphatic carbocycles. The second-order valence-corrected chi connectivity index (χ2v) is 7.15. The number of nitrogens with zero attached hydrogens (tertiary/aromatic N) is 1. The van der Waals surface area contributed by atoms with E-state index in [4.69, 9.17) is 0 Å². The number of aromatic amines is 1. The number of benzene rings is 1. The number of aromatic nitrogens is 2. The van der Waals surface area contributed by atoms with Gasteiger partial charge in [0.25, 0.3) is 10.0 Å². The van der Waals surface area contributed by atoms with E-state index in [2.05, 4.69) is 36.2 Å². The minimum Gasteiger partial charge on any atom is -0.314 e. The van der Waals surface area contributed by atoms with Crippen LogP contribution in [0.15, 0.2) is 27.6 Å². The lowest BCUT2D eigenvalue weighted by atomic mass is 10.2. The first kappa shape index (κ1) is 16.0. The average molecular weight is 373 g/mol. The summed E-state index contributed by atoms with van der Waals surface area (Å²) in [4.78, 5) is 0.191. The molecule has 8 heteroatoms. The van der Waals surface area contributed by atoms with Crippen LogP contribution < -0.4 is 10.0 Å². The summed E-state index contributed by atoms with van der Waals surface area (Å²) in [6.45, 7) is 3.91. The zero-order valence-corrected chi connectivity index (χ0v) is 14.4. The highest BCUT2D eigenvalue weighted by Crippen LogP contribution is 2.27. The second kappa shape index (κ2) is 6.17. The van der Waals surface area contributed by atoms with E-state index in [0.717, 1.165) is 10.0 Å². The van der Waals surface area contributed by atoms with Crippen LogP contribution in [0, 0.1) is 13.8 Å². The van der Waals surface area contributed by atoms with Crippen LogP contribution in [0.25, 0.3) is 0 Å². The van der Waals surface area contributed by atoms with Crippen LogP contribution in [-0.2, 0) is 16.6 Å². The molecule has 3 N–H and O–H groups in total. The molecular formula is C13H17BrN4O2S. The van der Waals surface area contributed by atoms with Crippen LogP contribution in [0.5, 0.6) is 0 Å². The third kappa shape index (κ3) is 3.28. The largest absolute Gasteiger partial charge is 0.314 e. The minimum absolute atomic E-state index is 0.191. The Morgan fingerprint density at radius 2 is 2.05 bits per heavy atom. The lowest BCUT2D eigenvalue weighted by Crippen LogP contribution is -2.18. The van der Waals surface area contributed by atoms with Gasteiger partial charge in [-0.15, -0.1) is 0 Å². The number of aryl methyl sites for hydroxylation is 1. The number of hydrogen-bond donors (Lipinski definition) is 3. The number of H-pyrrole nitrogens is 1. The van der Waals surface area contributed by atoms with Gasteiger partial charge in [-0.1, -0.05) is 22.0 Å². The maximum atomic E-state index is 12.6. The van der Waals surface area contributed by atoms with E-state index in [9.17, 15) is 8.42 Å². The Morgan fingerprint density at radius 3 is 2.71 bits per heavy atom. The monoisotopic (exact) mass is 372 g/mol. The predicted octanol–water partition coefficient (Wildman–Crippen LogP) is 2.31. The van der Waals surface area contributed by atoms with Gasteiger partial charge >= 0.3 is 0 Å². The van der Waals surface area contributed by atoms with Crippen LogP contribution in [0.2, 0.25) is 0 Å². The molecule has 2 rings (SSSR count). The Balaban J connectivity index is 2.44. The number of nitrogens with one attached hydrogen (secondary N) is 3. The molecule has 0 bridgehead atoms. The average Bonchev–Trinajstić information content (AvgIpc) is 2.77. The highest BCUT2D eigenvalue weighted by Gasteiger charge is 2.24. The number of hydrogen-bond acceptors (Lipinski definition) is 4. The molecule has 1 aromatic heterocycles. The Kier molecular flexibility index (Phi) is 4.70. The number of halogens is 1. The van der Waals surface area contributed by atoms with Crippen LogP contribution in [0.4, 0.5) is 5.69 Å². The molecule has 1 heterocycles. The molecule has 0 atom stereocenters. The lowest BCUT2D eigenvalue weighted by Gasteiger charge is -2.12. The van der Waals surface area contributed by atoms with E-state index >= 15 is 0 Å². The molecule has 21 heavy (non-hydrogen) atoms. The van der Waals surface area contributed by atoms with Crippen molar-refractivity contribution in [3.8, 4) is 0 Å². The molecular weight excluding hydrogens is 356 g/mol. The van der Waals surface area contributed by atoms with E-state index in [1.165, 1.54) is 0 Å². The highest BCUT2D eigenvalue weighted by molar-refractivity contribution is 9.10. The summed E-state index contributed by atoms with van der Waals surface area (Å²) in [5.41, 5.74) is 2.35. The molecule has 0 saturated heterocycles. The molecule has 0 aliphatic heterocycles. The Morgan fingerprint density at radius 1 is 1.33 bits per heavy atom. The van der Waals surface area contributed by atoms with Crippen molar-refractivity contribution in [1.82, 2.24) is 15.5 Å². The van der Waals surface area contributed by atoms with Gasteiger partial charge in [-0.05, 0) is 38.6 Å². The first-order valence-corrected chi connectivity index (χ1v) is 8.61. The summed E-state index contributed by atoms with van der Waals surface area (Å²) in [5, 5.41) is 9.67. The first-order valence-electron chi connectivity index (χ1n) is 6.33. The minimum atomic E-state index is -3.70. The van der Waals surface area contributed by atoms with E-state index in [1.54, 1.807) is 26.1 Å². The standard InChI is InChI=1S/C13H17BrN4O2S/c1-8-10(14)5-4-6-11(8)18-21(19,20)13-9(2)16-17-12(13)7-15-3/h4-6,15,18H,7H2,1-3H3,(H,16,17). The van der Waals surface area contributed by atoms with E-state index < -0.39 is 10.0 Å². The second-order valence-electron chi connectivity index (χ2n) is 4.67. The van der Waals surface area contributed by atoms with Gasteiger partial charge in [-0.2, -0.15) is 5.10 Å². The van der Waals surface area contributed by atoms with Crippen LogP contribution in [-0.4, -0.2) is 25.7 Å². The van der Waals surface area contributed by atoms with Crippen molar-refractivity contribution < 1.29 is 8.42 Å². The predicted molar refractivity (Wildman–Crippen MR) is 85.8 cm³/mol.